The highest BCUT2D eigenvalue weighted by Gasteiger charge is 2.51. The van der Waals surface area contributed by atoms with Crippen LogP contribution in [0, 0.1) is 5.41 Å². The normalized spacial score (nSPS) is 17.9. The Hall–Kier alpha value is -4.59. The van der Waals surface area contributed by atoms with Crippen LogP contribution in [-0.4, -0.2) is 31.7 Å². The molecule has 1 aliphatic carbocycles. The number of aryl methyl sites for hydroxylation is 1. The molecule has 2 aromatic carbocycles. The fraction of sp³-hybridized carbons (Fsp3) is 0.324. The van der Waals surface area contributed by atoms with Crippen LogP contribution in [-0.2, 0) is 25.6 Å². The van der Waals surface area contributed by atoms with E-state index < -0.39 is 17.4 Å². The number of ether oxygens (including phenoxy) is 3. The summed E-state index contributed by atoms with van der Waals surface area (Å²) in [5.41, 5.74) is 2.82. The molecule has 0 amide bonds. The molecule has 0 bridgehead atoms. The number of hydrogen-bond acceptors (Lipinski definition) is 7. The molecule has 8 nitrogen and oxygen atoms in total. The predicted octanol–water partition coefficient (Wildman–Crippen LogP) is 6.27. The standard InChI is InChI=1S/C34H37N2O6/c1-5-35-26-13-9-11-15-28(26)41-30(35)19-17-24-21-25(23-34(22-24,32(37)39-7-3)33(38)40-8-4)18-20-31-36(6-2)27-14-10-12-16-29(27)42-31/h9-21H,5-8,22-23H2,1-4H3/q+1. The van der Waals surface area contributed by atoms with Crippen molar-refractivity contribution in [3.8, 4) is 5.75 Å². The molecule has 0 radical (unpaired) electrons. The Morgan fingerprint density at radius 3 is 2.36 bits per heavy atom. The number of fused-ring (bicyclic) bond motifs is 2. The van der Waals surface area contributed by atoms with Crippen LogP contribution in [0.1, 0.15) is 46.4 Å². The van der Waals surface area contributed by atoms with E-state index in [2.05, 4.69) is 23.3 Å². The summed E-state index contributed by atoms with van der Waals surface area (Å²) >= 11 is 0. The molecule has 1 aromatic heterocycles. The summed E-state index contributed by atoms with van der Waals surface area (Å²) in [6.45, 7) is 9.34. The zero-order chi connectivity index (χ0) is 29.7. The lowest BCUT2D eigenvalue weighted by Gasteiger charge is -2.33. The van der Waals surface area contributed by atoms with Crippen molar-refractivity contribution in [3.63, 3.8) is 0 Å². The van der Waals surface area contributed by atoms with Gasteiger partial charge in [-0.05, 0) is 82.0 Å². The number of carbonyl (C=O) groups is 2. The summed E-state index contributed by atoms with van der Waals surface area (Å²) in [4.78, 5) is 29.0. The molecule has 0 atom stereocenters. The molecule has 2 heterocycles. The fourth-order valence-electron chi connectivity index (χ4n) is 5.59. The highest BCUT2D eigenvalue weighted by molar-refractivity contribution is 6.01. The van der Waals surface area contributed by atoms with Gasteiger partial charge in [0.25, 0.3) is 5.52 Å². The van der Waals surface area contributed by atoms with Gasteiger partial charge < -0.3 is 23.5 Å². The largest absolute Gasteiger partial charge is 0.465 e. The SMILES string of the molecule is CCOC(=O)C1(C(=O)OCC)CC(=CC=C2Oc3ccccc3N2CC)C=C(C=Cc2oc3ccccc3[n+]2CC)C1. The Balaban J connectivity index is 1.56. The first-order chi connectivity index (χ1) is 20.4. The summed E-state index contributed by atoms with van der Waals surface area (Å²) in [5, 5.41) is 0. The minimum Gasteiger partial charge on any atom is -0.465 e. The first-order valence-corrected chi connectivity index (χ1v) is 14.5. The molecule has 218 valence electrons. The van der Waals surface area contributed by atoms with E-state index in [9.17, 15) is 9.59 Å². The second-order valence-electron chi connectivity index (χ2n) is 10.1. The van der Waals surface area contributed by atoms with Gasteiger partial charge in [-0.2, -0.15) is 4.57 Å². The lowest BCUT2D eigenvalue weighted by molar-refractivity contribution is -0.674. The third-order valence-electron chi connectivity index (χ3n) is 7.50. The minimum atomic E-state index is -1.51. The van der Waals surface area contributed by atoms with Gasteiger partial charge >= 0.3 is 17.8 Å². The molecule has 0 saturated heterocycles. The van der Waals surface area contributed by atoms with Gasteiger partial charge in [-0.3, -0.25) is 9.59 Å². The Labute approximate surface area is 246 Å². The number of carbonyl (C=O) groups excluding carboxylic acids is 2. The number of allylic oxidation sites excluding steroid dienone is 6. The quantitative estimate of drug-likeness (QED) is 0.171. The lowest BCUT2D eigenvalue weighted by Crippen LogP contribution is -2.44. The van der Waals surface area contributed by atoms with Crippen molar-refractivity contribution in [1.82, 2.24) is 0 Å². The van der Waals surface area contributed by atoms with Gasteiger partial charge in [-0.1, -0.05) is 36.4 Å². The minimum absolute atomic E-state index is 0.143. The van der Waals surface area contributed by atoms with E-state index in [1.165, 1.54) is 0 Å². The molecule has 8 heteroatoms. The zero-order valence-electron chi connectivity index (χ0n) is 24.6. The van der Waals surface area contributed by atoms with Crippen LogP contribution in [0.3, 0.4) is 0 Å². The molecule has 0 spiro atoms. The average Bonchev–Trinajstić information content (AvgIpc) is 3.56. The highest BCUT2D eigenvalue weighted by Crippen LogP contribution is 2.43. The second-order valence-corrected chi connectivity index (χ2v) is 10.1. The van der Waals surface area contributed by atoms with Gasteiger partial charge in [0.15, 0.2) is 11.2 Å². The van der Waals surface area contributed by atoms with Crippen LogP contribution < -0.4 is 14.2 Å². The van der Waals surface area contributed by atoms with Crippen molar-refractivity contribution in [2.24, 2.45) is 5.41 Å². The smallest absolute Gasteiger partial charge is 0.374 e. The van der Waals surface area contributed by atoms with Gasteiger partial charge in [0.1, 0.15) is 6.54 Å². The Bertz CT molecular complexity index is 1590. The Morgan fingerprint density at radius 1 is 0.929 bits per heavy atom. The zero-order valence-corrected chi connectivity index (χ0v) is 24.6. The van der Waals surface area contributed by atoms with Crippen LogP contribution in [0.5, 0.6) is 5.75 Å². The van der Waals surface area contributed by atoms with Crippen molar-refractivity contribution in [3.05, 3.63) is 95.8 Å². The van der Waals surface area contributed by atoms with Crippen LogP contribution in [0.25, 0.3) is 17.2 Å². The molecule has 42 heavy (non-hydrogen) atoms. The van der Waals surface area contributed by atoms with Gasteiger partial charge in [0.2, 0.25) is 11.5 Å². The molecule has 3 aromatic rings. The van der Waals surface area contributed by atoms with E-state index in [0.29, 0.717) is 11.8 Å². The van der Waals surface area contributed by atoms with Crippen LogP contribution in [0.2, 0.25) is 0 Å². The van der Waals surface area contributed by atoms with Crippen LogP contribution >= 0.6 is 0 Å². The van der Waals surface area contributed by atoms with E-state index in [1.807, 2.05) is 78.9 Å². The summed E-state index contributed by atoms with van der Waals surface area (Å²) in [6.07, 6.45) is 9.85. The van der Waals surface area contributed by atoms with Crippen molar-refractivity contribution in [1.29, 1.82) is 0 Å². The molecular formula is C34H37N2O6+. The maximum absolute atomic E-state index is 13.5. The molecule has 2 aliphatic rings. The van der Waals surface area contributed by atoms with E-state index in [4.69, 9.17) is 18.6 Å². The average molecular weight is 570 g/mol. The predicted molar refractivity (Wildman–Crippen MR) is 160 cm³/mol. The topological polar surface area (TPSA) is 82.1 Å². The number of hydrogen-bond donors (Lipinski definition) is 0. The van der Waals surface area contributed by atoms with Crippen molar-refractivity contribution >= 4 is 34.8 Å². The van der Waals surface area contributed by atoms with Gasteiger partial charge in [-0.15, -0.1) is 0 Å². The molecule has 0 saturated carbocycles. The maximum atomic E-state index is 13.5. The fourth-order valence-corrected chi connectivity index (χ4v) is 5.59. The number of para-hydroxylation sites is 4. The number of rotatable bonds is 9. The summed E-state index contributed by atoms with van der Waals surface area (Å²) in [5.74, 6) is 0.952. The second kappa shape index (κ2) is 12.5. The van der Waals surface area contributed by atoms with Crippen LogP contribution in [0.4, 0.5) is 5.69 Å². The molecule has 1 aliphatic heterocycles. The third kappa shape index (κ3) is 5.49. The number of esters is 2. The van der Waals surface area contributed by atoms with E-state index >= 15 is 0 Å². The number of benzene rings is 2. The van der Waals surface area contributed by atoms with Gasteiger partial charge in [-0.25, -0.2) is 0 Å². The lowest BCUT2D eigenvalue weighted by atomic mass is 9.71. The van der Waals surface area contributed by atoms with E-state index in [1.54, 1.807) is 13.8 Å². The highest BCUT2D eigenvalue weighted by atomic mass is 16.6. The molecule has 0 N–H and O–H groups in total. The van der Waals surface area contributed by atoms with Gasteiger partial charge in [0.05, 0.1) is 25.0 Å². The first kappa shape index (κ1) is 28.9. The Kier molecular flexibility index (Phi) is 8.61. The van der Waals surface area contributed by atoms with Crippen LogP contribution in [0.15, 0.2) is 94.3 Å². The molecule has 0 unspecified atom stereocenters. The molecule has 5 rings (SSSR count). The van der Waals surface area contributed by atoms with E-state index in [0.717, 1.165) is 46.8 Å². The monoisotopic (exact) mass is 569 g/mol. The number of nitrogens with zero attached hydrogens (tertiary/aromatic N) is 2. The maximum Gasteiger partial charge on any atom is 0.374 e. The number of anilines is 1. The first-order valence-electron chi connectivity index (χ1n) is 14.5. The van der Waals surface area contributed by atoms with E-state index in [-0.39, 0.29) is 26.1 Å². The Morgan fingerprint density at radius 2 is 1.64 bits per heavy atom. The molecular weight excluding hydrogens is 532 g/mol. The number of oxazole rings is 1. The van der Waals surface area contributed by atoms with Crippen molar-refractivity contribution in [2.45, 2.75) is 47.1 Å². The van der Waals surface area contributed by atoms with Crippen molar-refractivity contribution in [2.75, 3.05) is 24.7 Å². The summed E-state index contributed by atoms with van der Waals surface area (Å²) in [7, 11) is 0. The molecule has 0 fully saturated rings. The third-order valence-corrected chi connectivity index (χ3v) is 7.50. The van der Waals surface area contributed by atoms with Crippen molar-refractivity contribution < 1.29 is 32.8 Å². The number of aromatic nitrogens is 1. The van der Waals surface area contributed by atoms with Gasteiger partial charge in [0, 0.05) is 12.6 Å². The summed E-state index contributed by atoms with van der Waals surface area (Å²) < 4.78 is 25.2. The summed E-state index contributed by atoms with van der Waals surface area (Å²) in [6, 6.07) is 15.7.